The maximum Gasteiger partial charge on any atom is 0.808 e. The lowest BCUT2D eigenvalue weighted by Crippen LogP contribution is -1.99. The van der Waals surface area contributed by atoms with Crippen LogP contribution in [0.25, 0.3) is 44.1 Å². The summed E-state index contributed by atoms with van der Waals surface area (Å²) in [4.78, 5) is 9.44. The third kappa shape index (κ3) is 5.65. The molecule has 0 N–H and O–H groups in total. The molecule has 10 heteroatoms. The molecule has 0 aliphatic rings. The zero-order valence-electron chi connectivity index (χ0n) is 24.4. The molecule has 6 rings (SSSR count). The van der Waals surface area contributed by atoms with E-state index in [4.69, 9.17) is 38.0 Å². The molecule has 9 nitrogen and oxygen atoms in total. The number of rotatable bonds is 10. The average Bonchev–Trinajstić information content (AvgIpc) is 3.07. The highest BCUT2D eigenvalue weighted by atomic mass is 31.1. The lowest BCUT2D eigenvalue weighted by atomic mass is 10.1. The normalized spacial score (nSPS) is 10.8. The van der Waals surface area contributed by atoms with Gasteiger partial charge in [0.05, 0.1) is 50.6 Å². The van der Waals surface area contributed by atoms with Crippen molar-refractivity contribution in [3.05, 3.63) is 97.1 Å². The zero-order valence-corrected chi connectivity index (χ0v) is 25.3. The Morgan fingerprint density at radius 3 is 1.23 bits per heavy atom. The summed E-state index contributed by atoms with van der Waals surface area (Å²) in [5.41, 5.74) is 2.95. The molecular weight excluding hydrogens is 579 g/mol. The van der Waals surface area contributed by atoms with E-state index in [0.717, 1.165) is 21.9 Å². The van der Waals surface area contributed by atoms with Crippen LogP contribution in [0.1, 0.15) is 0 Å². The second-order valence-electron chi connectivity index (χ2n) is 9.62. The maximum atomic E-state index is 13.6. The molecule has 0 unspecified atom stereocenters. The van der Waals surface area contributed by atoms with Crippen molar-refractivity contribution in [3.63, 3.8) is 0 Å². The highest BCUT2D eigenvalue weighted by Gasteiger charge is 2.30. The van der Waals surface area contributed by atoms with Crippen molar-refractivity contribution >= 4 is 29.8 Å². The Morgan fingerprint density at radius 2 is 0.864 bits per heavy atom. The van der Waals surface area contributed by atoms with E-state index in [1.807, 2.05) is 84.9 Å². The van der Waals surface area contributed by atoms with Crippen LogP contribution >= 0.6 is 8.25 Å². The van der Waals surface area contributed by atoms with Crippen molar-refractivity contribution in [2.24, 2.45) is 0 Å². The molecule has 0 aliphatic carbocycles. The predicted octanol–water partition coefficient (Wildman–Crippen LogP) is 8.27. The Morgan fingerprint density at radius 1 is 0.500 bits per heavy atom. The van der Waals surface area contributed by atoms with Gasteiger partial charge in [-0.15, -0.1) is 0 Å². The Hall–Kier alpha value is -5.40. The standard InChI is InChI=1S/C34H28N2O7P/c1-38-29-17-23-15-27(21-11-7-5-8-12-21)35-33(25(23)19-31(29)40-3)42-44(37)43-34-26-20-32(41-4)30(39-2)18-24(26)16-28(36-34)22-13-9-6-10-14-22/h5-20H,1-4H3/q+1. The summed E-state index contributed by atoms with van der Waals surface area (Å²) in [6.07, 6.45) is 0. The molecule has 0 spiro atoms. The van der Waals surface area contributed by atoms with Crippen LogP contribution in [0, 0.1) is 0 Å². The molecule has 0 atom stereocenters. The number of nitrogens with zero attached hydrogens (tertiary/aromatic N) is 2. The first kappa shape index (κ1) is 28.7. The SMILES string of the molecule is COc1cc2cc(-c3ccccc3)nc(O[P+](=O)Oc3nc(-c4ccccc4)cc4cc(OC)c(OC)cc34)c2cc1OC. The molecule has 4 aromatic carbocycles. The summed E-state index contributed by atoms with van der Waals surface area (Å²) in [5.74, 6) is 2.22. The van der Waals surface area contributed by atoms with E-state index in [0.29, 0.717) is 45.2 Å². The van der Waals surface area contributed by atoms with E-state index >= 15 is 0 Å². The lowest BCUT2D eigenvalue weighted by Gasteiger charge is -2.12. The van der Waals surface area contributed by atoms with Crippen molar-refractivity contribution in [2.75, 3.05) is 28.4 Å². The summed E-state index contributed by atoms with van der Waals surface area (Å²) in [7, 11) is 3.40. The van der Waals surface area contributed by atoms with Gasteiger partial charge in [-0.1, -0.05) is 60.7 Å². The molecule has 0 bridgehead atoms. The minimum absolute atomic E-state index is 0.103. The summed E-state index contributed by atoms with van der Waals surface area (Å²) >= 11 is 0. The minimum Gasteiger partial charge on any atom is -0.493 e. The third-order valence-corrected chi connectivity index (χ3v) is 7.71. The monoisotopic (exact) mass is 607 g/mol. The number of benzene rings is 4. The number of hydrogen-bond acceptors (Lipinski definition) is 9. The minimum atomic E-state index is -2.81. The average molecular weight is 608 g/mol. The molecule has 0 aliphatic heterocycles. The summed E-state index contributed by atoms with van der Waals surface area (Å²) in [6.45, 7) is 0. The number of ether oxygens (including phenoxy) is 4. The van der Waals surface area contributed by atoms with Crippen LogP contribution in [0.2, 0.25) is 0 Å². The van der Waals surface area contributed by atoms with Gasteiger partial charge in [-0.05, 0) is 47.2 Å². The van der Waals surface area contributed by atoms with E-state index in [1.165, 1.54) is 0 Å². The van der Waals surface area contributed by atoms with Gasteiger partial charge in [0, 0.05) is 15.7 Å². The fourth-order valence-corrected chi connectivity index (χ4v) is 5.51. The van der Waals surface area contributed by atoms with Gasteiger partial charge < -0.3 is 18.9 Å². The first-order valence-corrected chi connectivity index (χ1v) is 14.7. The number of methoxy groups -OCH3 is 4. The van der Waals surface area contributed by atoms with Crippen LogP contribution in [0.5, 0.6) is 34.8 Å². The van der Waals surface area contributed by atoms with Gasteiger partial charge in [0.15, 0.2) is 23.0 Å². The van der Waals surface area contributed by atoms with Crippen molar-refractivity contribution in [1.29, 1.82) is 0 Å². The molecule has 220 valence electrons. The first-order chi connectivity index (χ1) is 21.5. The van der Waals surface area contributed by atoms with Gasteiger partial charge >= 0.3 is 8.25 Å². The molecule has 6 aromatic rings. The Bertz CT molecular complexity index is 1840. The van der Waals surface area contributed by atoms with Gasteiger partial charge in [-0.25, -0.2) is 19.0 Å². The lowest BCUT2D eigenvalue weighted by molar-refractivity contribution is 0.355. The molecule has 0 saturated carbocycles. The quantitative estimate of drug-likeness (QED) is 0.143. The number of hydrogen-bond donors (Lipinski definition) is 0. The second-order valence-corrected chi connectivity index (χ2v) is 10.4. The fourth-order valence-electron chi connectivity index (χ4n) is 4.91. The van der Waals surface area contributed by atoms with Crippen LogP contribution in [-0.4, -0.2) is 38.4 Å². The highest BCUT2D eigenvalue weighted by molar-refractivity contribution is 7.34. The van der Waals surface area contributed by atoms with Crippen molar-refractivity contribution in [1.82, 2.24) is 9.97 Å². The Balaban J connectivity index is 1.45. The maximum absolute atomic E-state index is 13.6. The topological polar surface area (TPSA) is 98.2 Å². The third-order valence-electron chi connectivity index (χ3n) is 7.06. The van der Waals surface area contributed by atoms with Crippen LogP contribution in [0.4, 0.5) is 0 Å². The van der Waals surface area contributed by atoms with Crippen LogP contribution < -0.4 is 28.0 Å². The van der Waals surface area contributed by atoms with Gasteiger partial charge in [-0.2, -0.15) is 0 Å². The van der Waals surface area contributed by atoms with E-state index in [-0.39, 0.29) is 11.8 Å². The van der Waals surface area contributed by atoms with E-state index < -0.39 is 8.25 Å². The van der Waals surface area contributed by atoms with Crippen LogP contribution in [0.3, 0.4) is 0 Å². The molecule has 2 aromatic heterocycles. The molecule has 0 radical (unpaired) electrons. The van der Waals surface area contributed by atoms with E-state index in [1.54, 1.807) is 40.6 Å². The van der Waals surface area contributed by atoms with E-state index in [2.05, 4.69) is 0 Å². The summed E-state index contributed by atoms with van der Waals surface area (Å²) in [6, 6.07) is 30.2. The predicted molar refractivity (Wildman–Crippen MR) is 169 cm³/mol. The smallest absolute Gasteiger partial charge is 0.493 e. The second kappa shape index (κ2) is 12.5. The van der Waals surface area contributed by atoms with Crippen molar-refractivity contribution in [2.45, 2.75) is 0 Å². The molecule has 0 saturated heterocycles. The zero-order chi connectivity index (χ0) is 30.6. The molecule has 0 amide bonds. The molecular formula is C34H28N2O7P+. The molecule has 2 heterocycles. The fraction of sp³-hybridized carbons (Fsp3) is 0.118. The van der Waals surface area contributed by atoms with Gasteiger partial charge in [-0.3, -0.25) is 0 Å². The van der Waals surface area contributed by atoms with Crippen molar-refractivity contribution in [3.8, 4) is 57.3 Å². The van der Waals surface area contributed by atoms with Crippen LogP contribution in [-0.2, 0) is 4.57 Å². The Labute approximate surface area is 254 Å². The summed E-state index contributed by atoms with van der Waals surface area (Å²) in [5, 5.41) is 2.64. The van der Waals surface area contributed by atoms with Gasteiger partial charge in [0.2, 0.25) is 0 Å². The van der Waals surface area contributed by atoms with Gasteiger partial charge in [0.25, 0.3) is 11.8 Å². The largest absolute Gasteiger partial charge is 0.808 e. The van der Waals surface area contributed by atoms with Crippen LogP contribution in [0.15, 0.2) is 97.1 Å². The van der Waals surface area contributed by atoms with Crippen molar-refractivity contribution < 1.29 is 32.6 Å². The molecule has 44 heavy (non-hydrogen) atoms. The number of aromatic nitrogens is 2. The number of fused-ring (bicyclic) bond motifs is 2. The number of pyridine rings is 2. The molecule has 0 fully saturated rings. The Kier molecular flexibility index (Phi) is 8.12. The first-order valence-electron chi connectivity index (χ1n) is 13.6. The van der Waals surface area contributed by atoms with Gasteiger partial charge in [0.1, 0.15) is 0 Å². The summed E-state index contributed by atoms with van der Waals surface area (Å²) < 4.78 is 47.6. The van der Waals surface area contributed by atoms with E-state index in [9.17, 15) is 4.57 Å². The highest BCUT2D eigenvalue weighted by Crippen LogP contribution is 2.43.